The van der Waals surface area contributed by atoms with E-state index in [2.05, 4.69) is 33.8 Å². The first-order valence-electron chi connectivity index (χ1n) is 8.67. The molecule has 1 saturated heterocycles. The summed E-state index contributed by atoms with van der Waals surface area (Å²) in [5.41, 5.74) is 2.31. The molecule has 0 bridgehead atoms. The molecule has 0 radical (unpaired) electrons. The van der Waals surface area contributed by atoms with Crippen LogP contribution in [0, 0.1) is 0 Å². The maximum Gasteiger partial charge on any atom is 0.225 e. The molecule has 0 aliphatic carbocycles. The van der Waals surface area contributed by atoms with Gasteiger partial charge in [0.25, 0.3) is 0 Å². The predicted molar refractivity (Wildman–Crippen MR) is 103 cm³/mol. The second-order valence-corrected chi connectivity index (χ2v) is 6.92. The molecule has 1 atom stereocenters. The van der Waals surface area contributed by atoms with Crippen LogP contribution in [0.25, 0.3) is 10.9 Å². The van der Waals surface area contributed by atoms with Gasteiger partial charge in [-0.1, -0.05) is 41.9 Å². The highest BCUT2D eigenvalue weighted by molar-refractivity contribution is 6.30. The predicted octanol–water partition coefficient (Wildman–Crippen LogP) is 4.17. The van der Waals surface area contributed by atoms with Gasteiger partial charge in [0.2, 0.25) is 5.95 Å². The third-order valence-electron chi connectivity index (χ3n) is 4.97. The Labute approximate surface area is 153 Å². The third-order valence-corrected chi connectivity index (χ3v) is 5.23. The maximum absolute atomic E-state index is 6.00. The van der Waals surface area contributed by atoms with Crippen LogP contribution in [-0.4, -0.2) is 41.0 Å². The normalized spacial score (nSPS) is 17.0. The van der Waals surface area contributed by atoms with Crippen LogP contribution in [0.3, 0.4) is 0 Å². The zero-order valence-corrected chi connectivity index (χ0v) is 15.0. The minimum absolute atomic E-state index is 0.386. The number of hydrogen-bond acceptors (Lipinski definition) is 4. The van der Waals surface area contributed by atoms with Crippen LogP contribution >= 0.6 is 11.6 Å². The summed E-state index contributed by atoms with van der Waals surface area (Å²) >= 11 is 6.00. The molecule has 1 unspecified atom stereocenters. The maximum atomic E-state index is 6.00. The fraction of sp³-hybridized carbons (Fsp3) is 0.300. The zero-order chi connectivity index (χ0) is 17.2. The molecular weight excluding hydrogens is 332 g/mol. The van der Waals surface area contributed by atoms with Gasteiger partial charge in [-0.05, 0) is 30.7 Å². The number of aromatic nitrogens is 2. The van der Waals surface area contributed by atoms with Crippen LogP contribution in [0.2, 0.25) is 5.02 Å². The molecule has 4 nitrogen and oxygen atoms in total. The summed E-state index contributed by atoms with van der Waals surface area (Å²) < 4.78 is 0. The first-order chi connectivity index (χ1) is 12.2. The van der Waals surface area contributed by atoms with Crippen LogP contribution in [0.5, 0.6) is 0 Å². The summed E-state index contributed by atoms with van der Waals surface area (Å²) in [5.74, 6) is 0.831. The number of rotatable bonds is 3. The van der Waals surface area contributed by atoms with Gasteiger partial charge in [0.05, 0.1) is 5.52 Å². The number of fused-ring (bicyclic) bond motifs is 1. The monoisotopic (exact) mass is 352 g/mol. The van der Waals surface area contributed by atoms with Gasteiger partial charge < -0.3 is 4.90 Å². The first-order valence-corrected chi connectivity index (χ1v) is 9.05. The van der Waals surface area contributed by atoms with E-state index >= 15 is 0 Å². The van der Waals surface area contributed by atoms with Crippen LogP contribution < -0.4 is 4.90 Å². The number of halogens is 1. The summed E-state index contributed by atoms with van der Waals surface area (Å²) in [6, 6.07) is 16.7. The molecule has 128 valence electrons. The van der Waals surface area contributed by atoms with E-state index in [0.717, 1.165) is 48.1 Å². The van der Waals surface area contributed by atoms with Gasteiger partial charge in [-0.25, -0.2) is 9.97 Å². The third kappa shape index (κ3) is 3.46. The number of nitrogens with zero attached hydrogens (tertiary/aromatic N) is 4. The SMILES string of the molecule is CC(c1ccc(Cl)cc1)N1CCN(c2ncc3ccccc3n2)CC1. The molecule has 2 aromatic carbocycles. The van der Waals surface area contributed by atoms with Crippen molar-refractivity contribution in [1.29, 1.82) is 0 Å². The number of benzene rings is 2. The molecule has 3 aromatic rings. The molecular formula is C20H21ClN4. The Bertz CT molecular complexity index is 857. The van der Waals surface area contributed by atoms with Crippen molar-refractivity contribution in [2.75, 3.05) is 31.1 Å². The quantitative estimate of drug-likeness (QED) is 0.708. The van der Waals surface area contributed by atoms with E-state index in [9.17, 15) is 0 Å². The van der Waals surface area contributed by atoms with E-state index in [1.807, 2.05) is 42.6 Å². The van der Waals surface area contributed by atoms with Gasteiger partial charge in [0.1, 0.15) is 0 Å². The standard InChI is InChI=1S/C20H21ClN4/c1-15(16-6-8-18(21)9-7-16)24-10-12-25(13-11-24)20-22-14-17-4-2-3-5-19(17)23-20/h2-9,14-15H,10-13H2,1H3. The number of anilines is 1. The fourth-order valence-corrected chi connectivity index (χ4v) is 3.50. The Hall–Kier alpha value is -2.17. The van der Waals surface area contributed by atoms with E-state index in [-0.39, 0.29) is 0 Å². The van der Waals surface area contributed by atoms with Crippen LogP contribution in [-0.2, 0) is 0 Å². The minimum atomic E-state index is 0.386. The molecule has 2 heterocycles. The van der Waals surface area contributed by atoms with Gasteiger partial charge >= 0.3 is 0 Å². The number of para-hydroxylation sites is 1. The lowest BCUT2D eigenvalue weighted by atomic mass is 10.1. The highest BCUT2D eigenvalue weighted by Gasteiger charge is 2.23. The Kier molecular flexibility index (Phi) is 4.55. The van der Waals surface area contributed by atoms with Gasteiger partial charge in [-0.2, -0.15) is 0 Å². The van der Waals surface area contributed by atoms with E-state index in [1.54, 1.807) is 0 Å². The van der Waals surface area contributed by atoms with Crippen LogP contribution in [0.1, 0.15) is 18.5 Å². The molecule has 0 spiro atoms. The van der Waals surface area contributed by atoms with E-state index in [1.165, 1.54) is 5.56 Å². The summed E-state index contributed by atoms with van der Waals surface area (Å²) in [6.07, 6.45) is 1.92. The average Bonchev–Trinajstić information content (AvgIpc) is 2.68. The molecule has 1 aliphatic rings. The van der Waals surface area contributed by atoms with E-state index in [4.69, 9.17) is 16.6 Å². The summed E-state index contributed by atoms with van der Waals surface area (Å²) in [5, 5.41) is 1.87. The van der Waals surface area contributed by atoms with Crippen molar-refractivity contribution >= 4 is 28.5 Å². The van der Waals surface area contributed by atoms with Crippen LogP contribution in [0.4, 0.5) is 5.95 Å². The van der Waals surface area contributed by atoms with Crippen molar-refractivity contribution in [3.63, 3.8) is 0 Å². The van der Waals surface area contributed by atoms with Crippen molar-refractivity contribution < 1.29 is 0 Å². The van der Waals surface area contributed by atoms with Gasteiger partial charge in [0, 0.05) is 48.8 Å². The Morgan fingerprint density at radius 3 is 2.44 bits per heavy atom. The molecule has 1 fully saturated rings. The Morgan fingerprint density at radius 2 is 1.68 bits per heavy atom. The molecule has 5 heteroatoms. The molecule has 25 heavy (non-hydrogen) atoms. The molecule has 0 N–H and O–H groups in total. The van der Waals surface area contributed by atoms with Crippen molar-refractivity contribution in [3.8, 4) is 0 Å². The Morgan fingerprint density at radius 1 is 0.960 bits per heavy atom. The average molecular weight is 353 g/mol. The van der Waals surface area contributed by atoms with E-state index in [0.29, 0.717) is 6.04 Å². The summed E-state index contributed by atoms with van der Waals surface area (Å²) in [6.45, 7) is 6.14. The molecule has 4 rings (SSSR count). The topological polar surface area (TPSA) is 32.3 Å². The fourth-order valence-electron chi connectivity index (χ4n) is 3.38. The minimum Gasteiger partial charge on any atom is -0.338 e. The first kappa shape index (κ1) is 16.3. The molecule has 0 saturated carbocycles. The second kappa shape index (κ2) is 6.98. The number of hydrogen-bond donors (Lipinski definition) is 0. The number of piperazine rings is 1. The van der Waals surface area contributed by atoms with Crippen molar-refractivity contribution in [3.05, 3.63) is 65.3 Å². The lowest BCUT2D eigenvalue weighted by Gasteiger charge is -2.38. The lowest BCUT2D eigenvalue weighted by molar-refractivity contribution is 0.198. The largest absolute Gasteiger partial charge is 0.338 e. The summed E-state index contributed by atoms with van der Waals surface area (Å²) in [4.78, 5) is 14.0. The molecule has 1 aliphatic heterocycles. The highest BCUT2D eigenvalue weighted by Crippen LogP contribution is 2.24. The molecule has 1 aromatic heterocycles. The van der Waals surface area contributed by atoms with Crippen molar-refractivity contribution in [1.82, 2.24) is 14.9 Å². The van der Waals surface area contributed by atoms with Crippen molar-refractivity contribution in [2.24, 2.45) is 0 Å². The van der Waals surface area contributed by atoms with Crippen LogP contribution in [0.15, 0.2) is 54.7 Å². The van der Waals surface area contributed by atoms with Gasteiger partial charge in [-0.15, -0.1) is 0 Å². The zero-order valence-electron chi connectivity index (χ0n) is 14.3. The Balaban J connectivity index is 1.44. The molecule has 0 amide bonds. The van der Waals surface area contributed by atoms with Crippen molar-refractivity contribution in [2.45, 2.75) is 13.0 Å². The second-order valence-electron chi connectivity index (χ2n) is 6.48. The van der Waals surface area contributed by atoms with Gasteiger partial charge in [-0.3, -0.25) is 4.90 Å². The smallest absolute Gasteiger partial charge is 0.225 e. The summed E-state index contributed by atoms with van der Waals surface area (Å²) in [7, 11) is 0. The van der Waals surface area contributed by atoms with E-state index < -0.39 is 0 Å². The highest BCUT2D eigenvalue weighted by atomic mass is 35.5. The lowest BCUT2D eigenvalue weighted by Crippen LogP contribution is -2.47. The van der Waals surface area contributed by atoms with Gasteiger partial charge in [0.15, 0.2) is 0 Å².